The number of nitrogens with zero attached hydrogens (tertiary/aromatic N) is 3. The summed E-state index contributed by atoms with van der Waals surface area (Å²) < 4.78 is 0. The standard InChI is InChI=1S/C13H19N5O2S/c1-3-7(4-2)18-11(19)5-8(12(18)20)21-13-16-9(14)6-10(15)17-13/h6-8H,3-5H2,1-2H3,(H4,14,15,16,17). The van der Waals surface area contributed by atoms with Crippen molar-refractivity contribution in [2.45, 2.75) is 49.6 Å². The molecular formula is C13H19N5O2S. The summed E-state index contributed by atoms with van der Waals surface area (Å²) in [5, 5.41) is -0.177. The quantitative estimate of drug-likeness (QED) is 0.617. The third kappa shape index (κ3) is 3.26. The number of imide groups is 1. The number of hydrogen-bond acceptors (Lipinski definition) is 7. The van der Waals surface area contributed by atoms with E-state index in [4.69, 9.17) is 11.5 Å². The summed E-state index contributed by atoms with van der Waals surface area (Å²) in [4.78, 5) is 33.9. The average Bonchev–Trinajstić information content (AvgIpc) is 2.67. The van der Waals surface area contributed by atoms with Crippen molar-refractivity contribution >= 4 is 35.2 Å². The van der Waals surface area contributed by atoms with Crippen LogP contribution in [0.2, 0.25) is 0 Å². The average molecular weight is 309 g/mol. The number of carbonyl (C=O) groups excluding carboxylic acids is 2. The molecule has 1 atom stereocenters. The Morgan fingerprint density at radius 3 is 2.38 bits per heavy atom. The Morgan fingerprint density at radius 2 is 1.86 bits per heavy atom. The molecule has 21 heavy (non-hydrogen) atoms. The maximum atomic E-state index is 12.4. The third-order valence-corrected chi connectivity index (χ3v) is 4.49. The summed E-state index contributed by atoms with van der Waals surface area (Å²) in [6, 6.07) is 1.41. The zero-order valence-corrected chi connectivity index (χ0v) is 12.9. The molecule has 1 fully saturated rings. The fraction of sp³-hybridized carbons (Fsp3) is 0.538. The lowest BCUT2D eigenvalue weighted by Gasteiger charge is -2.24. The summed E-state index contributed by atoms with van der Waals surface area (Å²) in [5.74, 6) is 0.184. The van der Waals surface area contributed by atoms with Crippen LogP contribution >= 0.6 is 11.8 Å². The summed E-state index contributed by atoms with van der Waals surface area (Å²) in [7, 11) is 0. The molecule has 114 valence electrons. The first-order chi connectivity index (χ1) is 9.96. The molecule has 2 heterocycles. The Balaban J connectivity index is 2.15. The number of amides is 2. The second kappa shape index (κ2) is 6.30. The van der Waals surface area contributed by atoms with E-state index in [0.29, 0.717) is 5.16 Å². The van der Waals surface area contributed by atoms with Crippen LogP contribution in [-0.2, 0) is 9.59 Å². The molecule has 0 radical (unpaired) electrons. The van der Waals surface area contributed by atoms with Gasteiger partial charge >= 0.3 is 0 Å². The fourth-order valence-corrected chi connectivity index (χ4v) is 3.40. The van der Waals surface area contributed by atoms with Gasteiger partial charge in [-0.15, -0.1) is 0 Å². The molecule has 0 spiro atoms. The molecule has 2 rings (SSSR count). The van der Waals surface area contributed by atoms with Gasteiger partial charge in [0.1, 0.15) is 16.9 Å². The van der Waals surface area contributed by atoms with Crippen molar-refractivity contribution in [2.24, 2.45) is 0 Å². The van der Waals surface area contributed by atoms with Gasteiger partial charge in [0.15, 0.2) is 5.16 Å². The van der Waals surface area contributed by atoms with Gasteiger partial charge in [0.25, 0.3) is 0 Å². The first-order valence-corrected chi connectivity index (χ1v) is 7.76. The lowest BCUT2D eigenvalue weighted by atomic mass is 10.1. The van der Waals surface area contributed by atoms with E-state index in [1.807, 2.05) is 13.8 Å². The predicted octanol–water partition coefficient (Wildman–Crippen LogP) is 1.05. The van der Waals surface area contributed by atoms with Crippen LogP contribution < -0.4 is 11.5 Å². The third-order valence-electron chi connectivity index (χ3n) is 3.44. The van der Waals surface area contributed by atoms with Crippen molar-refractivity contribution in [1.82, 2.24) is 14.9 Å². The number of nitrogen functional groups attached to an aromatic ring is 2. The normalized spacial score (nSPS) is 18.8. The minimum Gasteiger partial charge on any atom is -0.383 e. The summed E-state index contributed by atoms with van der Waals surface area (Å²) >= 11 is 1.14. The van der Waals surface area contributed by atoms with Crippen LogP contribution in [0.3, 0.4) is 0 Å². The highest BCUT2D eigenvalue weighted by molar-refractivity contribution is 8.00. The van der Waals surface area contributed by atoms with Gasteiger partial charge in [-0.25, -0.2) is 9.97 Å². The van der Waals surface area contributed by atoms with E-state index >= 15 is 0 Å². The van der Waals surface area contributed by atoms with Gasteiger partial charge in [0, 0.05) is 18.5 Å². The highest BCUT2D eigenvalue weighted by Crippen LogP contribution is 2.32. The summed E-state index contributed by atoms with van der Waals surface area (Å²) in [6.45, 7) is 3.94. The second-order valence-electron chi connectivity index (χ2n) is 4.88. The van der Waals surface area contributed by atoms with Gasteiger partial charge in [0.2, 0.25) is 11.8 Å². The smallest absolute Gasteiger partial charge is 0.243 e. The van der Waals surface area contributed by atoms with Gasteiger partial charge in [-0.05, 0) is 12.8 Å². The SMILES string of the molecule is CCC(CC)N1C(=O)CC(Sc2nc(N)cc(N)n2)C1=O. The van der Waals surface area contributed by atoms with Gasteiger partial charge in [-0.1, -0.05) is 25.6 Å². The number of anilines is 2. The number of hydrogen-bond donors (Lipinski definition) is 2. The molecule has 0 saturated carbocycles. The molecule has 4 N–H and O–H groups in total. The molecule has 0 bridgehead atoms. The fourth-order valence-electron chi connectivity index (χ4n) is 2.39. The van der Waals surface area contributed by atoms with Crippen molar-refractivity contribution < 1.29 is 9.59 Å². The van der Waals surface area contributed by atoms with Crippen molar-refractivity contribution in [3.05, 3.63) is 6.07 Å². The monoisotopic (exact) mass is 309 g/mol. The zero-order valence-electron chi connectivity index (χ0n) is 12.1. The lowest BCUT2D eigenvalue weighted by molar-refractivity contribution is -0.141. The van der Waals surface area contributed by atoms with Crippen LogP contribution in [0.4, 0.5) is 11.6 Å². The molecule has 2 amide bonds. The van der Waals surface area contributed by atoms with E-state index in [1.54, 1.807) is 0 Å². The first kappa shape index (κ1) is 15.6. The number of thioether (sulfide) groups is 1. The topological polar surface area (TPSA) is 115 Å². The number of aromatic nitrogens is 2. The van der Waals surface area contributed by atoms with E-state index < -0.39 is 5.25 Å². The molecule has 1 aromatic heterocycles. The van der Waals surface area contributed by atoms with Crippen LogP contribution in [0, 0.1) is 0 Å². The van der Waals surface area contributed by atoms with Gasteiger partial charge < -0.3 is 11.5 Å². The highest BCUT2D eigenvalue weighted by Gasteiger charge is 2.42. The maximum Gasteiger partial charge on any atom is 0.243 e. The largest absolute Gasteiger partial charge is 0.383 e. The van der Waals surface area contributed by atoms with Crippen LogP contribution in [0.5, 0.6) is 0 Å². The number of carbonyl (C=O) groups is 2. The molecule has 1 aliphatic rings. The lowest BCUT2D eigenvalue weighted by Crippen LogP contribution is -2.40. The van der Waals surface area contributed by atoms with E-state index in [1.165, 1.54) is 11.0 Å². The number of rotatable bonds is 5. The van der Waals surface area contributed by atoms with Crippen LogP contribution in [0.1, 0.15) is 33.1 Å². The Kier molecular flexibility index (Phi) is 4.66. The summed E-state index contributed by atoms with van der Waals surface area (Å²) in [6.07, 6.45) is 1.68. The van der Waals surface area contributed by atoms with Crippen molar-refractivity contribution in [1.29, 1.82) is 0 Å². The first-order valence-electron chi connectivity index (χ1n) is 6.88. The van der Waals surface area contributed by atoms with Crippen LogP contribution in [-0.4, -0.2) is 38.0 Å². The maximum absolute atomic E-state index is 12.4. The van der Waals surface area contributed by atoms with E-state index in [-0.39, 0.29) is 35.9 Å². The zero-order chi connectivity index (χ0) is 15.6. The molecule has 1 unspecified atom stereocenters. The molecule has 7 nitrogen and oxygen atoms in total. The molecule has 0 aromatic carbocycles. The predicted molar refractivity (Wildman–Crippen MR) is 81.3 cm³/mol. The van der Waals surface area contributed by atoms with Gasteiger partial charge in [-0.2, -0.15) is 0 Å². The van der Waals surface area contributed by atoms with Crippen molar-refractivity contribution in [2.75, 3.05) is 11.5 Å². The molecule has 1 aliphatic heterocycles. The minimum atomic E-state index is -0.501. The van der Waals surface area contributed by atoms with E-state index in [2.05, 4.69) is 9.97 Å². The van der Waals surface area contributed by atoms with Crippen LogP contribution in [0.15, 0.2) is 11.2 Å². The van der Waals surface area contributed by atoms with E-state index in [0.717, 1.165) is 24.6 Å². The van der Waals surface area contributed by atoms with Gasteiger partial charge in [0.05, 0.1) is 0 Å². The number of nitrogens with two attached hydrogens (primary N) is 2. The Hall–Kier alpha value is -1.83. The Labute approximate surface area is 127 Å². The van der Waals surface area contributed by atoms with Crippen LogP contribution in [0.25, 0.3) is 0 Å². The van der Waals surface area contributed by atoms with E-state index in [9.17, 15) is 9.59 Å². The van der Waals surface area contributed by atoms with Gasteiger partial charge in [-0.3, -0.25) is 14.5 Å². The summed E-state index contributed by atoms with van der Waals surface area (Å²) in [5.41, 5.74) is 11.2. The molecule has 8 heteroatoms. The minimum absolute atomic E-state index is 0.0394. The Morgan fingerprint density at radius 1 is 1.29 bits per heavy atom. The Bertz CT molecular complexity index is 541. The van der Waals surface area contributed by atoms with Crippen molar-refractivity contribution in [3.63, 3.8) is 0 Å². The highest BCUT2D eigenvalue weighted by atomic mass is 32.2. The number of likely N-dealkylation sites (tertiary alicyclic amines) is 1. The molecule has 1 aromatic rings. The van der Waals surface area contributed by atoms with Crippen molar-refractivity contribution in [3.8, 4) is 0 Å². The molecule has 0 aliphatic carbocycles. The second-order valence-corrected chi connectivity index (χ2v) is 6.05. The molecular weight excluding hydrogens is 290 g/mol. The molecule has 1 saturated heterocycles.